The fraction of sp³-hybridized carbons (Fsp3) is 1.00. The maximum absolute atomic E-state index is 10.8. The van der Waals surface area contributed by atoms with Gasteiger partial charge in [0.15, 0.2) is 0 Å². The van der Waals surface area contributed by atoms with Crippen molar-refractivity contribution < 1.29 is 37.8 Å². The molecule has 96 valence electrons. The van der Waals surface area contributed by atoms with Gasteiger partial charge in [-0.05, 0) is 0 Å². The van der Waals surface area contributed by atoms with Crippen molar-refractivity contribution in [3.63, 3.8) is 0 Å². The summed E-state index contributed by atoms with van der Waals surface area (Å²) >= 11 is 0. The third-order valence-corrected chi connectivity index (χ3v) is 2.66. The molecule has 8 nitrogen and oxygen atoms in total. The highest BCUT2D eigenvalue weighted by molar-refractivity contribution is 7.86. The first-order valence-electron chi connectivity index (χ1n) is 4.45. The minimum absolute atomic E-state index is 0.644. The summed E-state index contributed by atoms with van der Waals surface area (Å²) in [6.07, 6.45) is -7.01. The van der Waals surface area contributed by atoms with Gasteiger partial charge in [0.05, 0.1) is 12.9 Å². The molecule has 1 heterocycles. The summed E-state index contributed by atoms with van der Waals surface area (Å²) in [7, 11) is -3.89. The van der Waals surface area contributed by atoms with Gasteiger partial charge >= 0.3 is 0 Å². The molecule has 0 aromatic carbocycles. The molecule has 5 atom stereocenters. The molecular formula is C7H14O8S. The molecule has 4 N–H and O–H groups in total. The highest BCUT2D eigenvalue weighted by atomic mass is 32.2. The Bertz CT molecular complexity index is 325. The number of hydrogen-bond acceptors (Lipinski definition) is 8. The number of aliphatic hydroxyl groups is 4. The zero-order chi connectivity index (χ0) is 12.5. The van der Waals surface area contributed by atoms with Crippen LogP contribution in [0.1, 0.15) is 0 Å². The molecule has 1 aliphatic rings. The van der Waals surface area contributed by atoms with E-state index in [4.69, 9.17) is 9.84 Å². The van der Waals surface area contributed by atoms with Gasteiger partial charge in [0, 0.05) is 0 Å². The summed E-state index contributed by atoms with van der Waals surface area (Å²) in [6, 6.07) is 0. The van der Waals surface area contributed by atoms with Crippen molar-refractivity contribution in [3.05, 3.63) is 0 Å². The third kappa shape index (κ3) is 3.10. The van der Waals surface area contributed by atoms with Crippen molar-refractivity contribution in [1.29, 1.82) is 0 Å². The van der Waals surface area contributed by atoms with Crippen LogP contribution in [0.5, 0.6) is 0 Å². The third-order valence-electron chi connectivity index (χ3n) is 2.12. The van der Waals surface area contributed by atoms with Gasteiger partial charge in [-0.2, -0.15) is 8.42 Å². The van der Waals surface area contributed by atoms with Crippen LogP contribution in [0, 0.1) is 0 Å². The molecule has 0 radical (unpaired) electrons. The van der Waals surface area contributed by atoms with E-state index in [-0.39, 0.29) is 0 Å². The van der Waals surface area contributed by atoms with Crippen molar-refractivity contribution in [1.82, 2.24) is 0 Å². The number of rotatable bonds is 3. The van der Waals surface area contributed by atoms with Gasteiger partial charge in [0.25, 0.3) is 10.1 Å². The lowest BCUT2D eigenvalue weighted by atomic mass is 10.00. The Morgan fingerprint density at radius 3 is 2.19 bits per heavy atom. The Kier molecular flexibility index (Phi) is 4.23. The smallest absolute Gasteiger partial charge is 0.266 e. The van der Waals surface area contributed by atoms with Crippen molar-refractivity contribution in [2.24, 2.45) is 0 Å². The predicted octanol–water partition coefficient (Wildman–Crippen LogP) is -3.24. The first kappa shape index (κ1) is 13.8. The topological polar surface area (TPSA) is 134 Å². The Morgan fingerprint density at radius 2 is 1.75 bits per heavy atom. The van der Waals surface area contributed by atoms with Crippen LogP contribution in [0.15, 0.2) is 0 Å². The molecule has 0 bridgehead atoms. The molecule has 0 aromatic rings. The molecule has 1 rings (SSSR count). The lowest BCUT2D eigenvalue weighted by Gasteiger charge is -2.38. The van der Waals surface area contributed by atoms with E-state index < -0.39 is 47.4 Å². The van der Waals surface area contributed by atoms with Crippen molar-refractivity contribution in [3.8, 4) is 0 Å². The first-order chi connectivity index (χ1) is 7.26. The standard InChI is InChI=1S/C7H14O8S/c1-16(12,13)15-7-6(11)5(10)4(9)3(2-8)14-7/h3-11H,2H2,1H3/t3-,4-,5+,6-,7-/m1/s1. The molecular weight excluding hydrogens is 244 g/mol. The zero-order valence-electron chi connectivity index (χ0n) is 8.42. The summed E-state index contributed by atoms with van der Waals surface area (Å²) in [5.41, 5.74) is 0. The van der Waals surface area contributed by atoms with E-state index in [1.165, 1.54) is 0 Å². The molecule has 0 saturated carbocycles. The van der Waals surface area contributed by atoms with Crippen LogP contribution in [0.2, 0.25) is 0 Å². The maximum Gasteiger partial charge on any atom is 0.266 e. The van der Waals surface area contributed by atoms with Crippen molar-refractivity contribution in [2.45, 2.75) is 30.7 Å². The molecule has 0 unspecified atom stereocenters. The zero-order valence-corrected chi connectivity index (χ0v) is 9.24. The summed E-state index contributed by atoms with van der Waals surface area (Å²) in [6.45, 7) is -0.644. The molecule has 0 amide bonds. The van der Waals surface area contributed by atoms with Crippen LogP contribution in [-0.2, 0) is 19.0 Å². The first-order valence-corrected chi connectivity index (χ1v) is 6.26. The molecule has 16 heavy (non-hydrogen) atoms. The van der Waals surface area contributed by atoms with Gasteiger partial charge in [-0.15, -0.1) is 0 Å². The van der Waals surface area contributed by atoms with Crippen LogP contribution in [0.25, 0.3) is 0 Å². The van der Waals surface area contributed by atoms with E-state index in [1.807, 2.05) is 0 Å². The van der Waals surface area contributed by atoms with Crippen molar-refractivity contribution in [2.75, 3.05) is 12.9 Å². The lowest BCUT2D eigenvalue weighted by molar-refractivity contribution is -0.276. The van der Waals surface area contributed by atoms with E-state index in [0.717, 1.165) is 6.26 Å². The van der Waals surface area contributed by atoms with E-state index >= 15 is 0 Å². The van der Waals surface area contributed by atoms with Crippen molar-refractivity contribution >= 4 is 10.1 Å². The lowest BCUT2D eigenvalue weighted by Crippen LogP contribution is -2.59. The Labute approximate surface area is 92.2 Å². The Balaban J connectivity index is 2.79. The van der Waals surface area contributed by atoms with Crippen LogP contribution in [0.4, 0.5) is 0 Å². The van der Waals surface area contributed by atoms with Gasteiger partial charge in [0.2, 0.25) is 6.29 Å². The minimum Gasteiger partial charge on any atom is -0.394 e. The molecule has 1 saturated heterocycles. The molecule has 9 heteroatoms. The van der Waals surface area contributed by atoms with Gasteiger partial charge in [0.1, 0.15) is 24.4 Å². The molecule has 1 aliphatic heterocycles. The Morgan fingerprint density at radius 1 is 1.19 bits per heavy atom. The quantitative estimate of drug-likeness (QED) is 0.388. The summed E-state index contributed by atoms with van der Waals surface area (Å²) < 4.78 is 30.8. The highest BCUT2D eigenvalue weighted by Gasteiger charge is 2.45. The fourth-order valence-electron chi connectivity index (χ4n) is 1.32. The summed E-state index contributed by atoms with van der Waals surface area (Å²) in [5.74, 6) is 0. The molecule has 0 aliphatic carbocycles. The second-order valence-corrected chi connectivity index (χ2v) is 5.10. The van der Waals surface area contributed by atoms with Crippen LogP contribution in [-0.4, -0.2) is 72.4 Å². The molecule has 0 spiro atoms. The summed E-state index contributed by atoms with van der Waals surface area (Å²) in [4.78, 5) is 0. The monoisotopic (exact) mass is 258 g/mol. The summed E-state index contributed by atoms with van der Waals surface area (Å²) in [5, 5.41) is 36.9. The maximum atomic E-state index is 10.8. The average molecular weight is 258 g/mol. The van der Waals surface area contributed by atoms with E-state index in [0.29, 0.717) is 0 Å². The molecule has 0 aromatic heterocycles. The largest absolute Gasteiger partial charge is 0.394 e. The second-order valence-electron chi connectivity index (χ2n) is 3.50. The normalized spacial score (nSPS) is 40.9. The highest BCUT2D eigenvalue weighted by Crippen LogP contribution is 2.22. The SMILES string of the molecule is CS(=O)(=O)O[C@H]1O[C@H](CO)[C@@H](O)[C@H](O)[C@H]1O. The van der Waals surface area contributed by atoms with Crippen LogP contribution in [0.3, 0.4) is 0 Å². The second kappa shape index (κ2) is 4.92. The predicted molar refractivity (Wildman–Crippen MR) is 49.7 cm³/mol. The van der Waals surface area contributed by atoms with E-state index in [9.17, 15) is 23.7 Å². The molecule has 1 fully saturated rings. The van der Waals surface area contributed by atoms with Crippen LogP contribution < -0.4 is 0 Å². The number of aliphatic hydroxyl groups excluding tert-OH is 4. The minimum atomic E-state index is -3.89. The van der Waals surface area contributed by atoms with Gasteiger partial charge < -0.3 is 25.2 Å². The Hall–Kier alpha value is -0.290. The number of hydrogen-bond donors (Lipinski definition) is 4. The van der Waals surface area contributed by atoms with Gasteiger partial charge in [-0.3, -0.25) is 0 Å². The van der Waals surface area contributed by atoms with Gasteiger partial charge in [-0.25, -0.2) is 4.18 Å². The fourth-order valence-corrected chi connectivity index (χ4v) is 1.82. The van der Waals surface area contributed by atoms with Crippen LogP contribution >= 0.6 is 0 Å². The van der Waals surface area contributed by atoms with Gasteiger partial charge in [-0.1, -0.05) is 0 Å². The number of ether oxygens (including phenoxy) is 1. The van der Waals surface area contributed by atoms with E-state index in [2.05, 4.69) is 4.18 Å². The van der Waals surface area contributed by atoms with E-state index in [1.54, 1.807) is 0 Å². The average Bonchev–Trinajstić information content (AvgIpc) is 2.17.